The number of rotatable bonds is 5. The lowest BCUT2D eigenvalue weighted by atomic mass is 10.2. The molecule has 108 valence electrons. The van der Waals surface area contributed by atoms with Crippen molar-refractivity contribution in [3.8, 4) is 22.9 Å². The fourth-order valence-corrected chi connectivity index (χ4v) is 2.18. The molecule has 0 unspecified atom stereocenters. The number of aliphatic hydroxyl groups is 1. The van der Waals surface area contributed by atoms with Gasteiger partial charge in [-0.2, -0.15) is 0 Å². The molecule has 1 aromatic heterocycles. The number of aromatic amines is 1. The monoisotopic (exact) mass is 284 g/mol. The number of nitrogens with zero attached hydrogens (tertiary/aromatic N) is 1. The summed E-state index contributed by atoms with van der Waals surface area (Å²) in [5.41, 5.74) is 2.83. The highest BCUT2D eigenvalue weighted by Crippen LogP contribution is 2.32. The largest absolute Gasteiger partial charge is 0.493 e. The van der Waals surface area contributed by atoms with Crippen LogP contribution in [-0.2, 0) is 0 Å². The number of hydrogen-bond donors (Lipinski definition) is 2. The molecule has 2 N–H and O–H groups in total. The number of H-pyrrole nitrogens is 1. The Morgan fingerprint density at radius 1 is 1.14 bits per heavy atom. The zero-order chi connectivity index (χ0) is 14.7. The molecule has 3 rings (SSSR count). The number of aliphatic hydroxyl groups excluding tert-OH is 1. The summed E-state index contributed by atoms with van der Waals surface area (Å²) < 4.78 is 10.8. The fourth-order valence-electron chi connectivity index (χ4n) is 2.18. The molecule has 0 saturated carbocycles. The Balaban J connectivity index is 1.98. The molecule has 1 heterocycles. The molecule has 0 fully saturated rings. The normalized spacial score (nSPS) is 10.8. The Kier molecular flexibility index (Phi) is 3.75. The van der Waals surface area contributed by atoms with Crippen molar-refractivity contribution in [2.45, 2.75) is 0 Å². The Morgan fingerprint density at radius 3 is 2.76 bits per heavy atom. The molecule has 0 saturated heterocycles. The third kappa shape index (κ3) is 2.68. The number of benzene rings is 2. The molecule has 21 heavy (non-hydrogen) atoms. The summed E-state index contributed by atoms with van der Waals surface area (Å²) in [6.07, 6.45) is 0. The second kappa shape index (κ2) is 5.85. The standard InChI is InChI=1S/C16H16N2O3/c1-20-15-10-11(6-7-14(15)21-9-8-19)16-17-12-4-2-3-5-13(12)18-16/h2-7,10,19H,8-9H2,1H3,(H,17,18). The van der Waals surface area contributed by atoms with Crippen molar-refractivity contribution in [2.75, 3.05) is 20.3 Å². The SMILES string of the molecule is COc1cc(-c2nc3ccccc3[nH]2)ccc1OCCO. The highest BCUT2D eigenvalue weighted by Gasteiger charge is 2.10. The van der Waals surface area contributed by atoms with E-state index in [-0.39, 0.29) is 13.2 Å². The van der Waals surface area contributed by atoms with Gasteiger partial charge in [-0.1, -0.05) is 12.1 Å². The number of para-hydroxylation sites is 2. The molecule has 0 atom stereocenters. The van der Waals surface area contributed by atoms with Gasteiger partial charge in [0.1, 0.15) is 12.4 Å². The van der Waals surface area contributed by atoms with Crippen LogP contribution in [0.15, 0.2) is 42.5 Å². The molecular weight excluding hydrogens is 268 g/mol. The zero-order valence-corrected chi connectivity index (χ0v) is 11.7. The van der Waals surface area contributed by atoms with Crippen molar-refractivity contribution < 1.29 is 14.6 Å². The van der Waals surface area contributed by atoms with Gasteiger partial charge in [-0.25, -0.2) is 4.98 Å². The van der Waals surface area contributed by atoms with Crippen molar-refractivity contribution in [3.05, 3.63) is 42.5 Å². The summed E-state index contributed by atoms with van der Waals surface area (Å²) in [4.78, 5) is 7.84. The molecular formula is C16H16N2O3. The number of hydrogen-bond acceptors (Lipinski definition) is 4. The average Bonchev–Trinajstić information content (AvgIpc) is 2.96. The Hall–Kier alpha value is -2.53. The second-order valence-electron chi connectivity index (χ2n) is 4.54. The average molecular weight is 284 g/mol. The topological polar surface area (TPSA) is 67.4 Å². The molecule has 0 aliphatic rings. The fraction of sp³-hybridized carbons (Fsp3) is 0.188. The van der Waals surface area contributed by atoms with Crippen LogP contribution in [0.5, 0.6) is 11.5 Å². The van der Waals surface area contributed by atoms with Crippen LogP contribution in [0.2, 0.25) is 0 Å². The summed E-state index contributed by atoms with van der Waals surface area (Å²) in [5.74, 6) is 2.00. The third-order valence-corrected chi connectivity index (χ3v) is 3.18. The predicted octanol–water partition coefficient (Wildman–Crippen LogP) is 2.61. The van der Waals surface area contributed by atoms with E-state index in [9.17, 15) is 0 Å². The van der Waals surface area contributed by atoms with E-state index in [0.717, 1.165) is 22.4 Å². The first-order valence-corrected chi connectivity index (χ1v) is 6.68. The zero-order valence-electron chi connectivity index (χ0n) is 11.7. The lowest BCUT2D eigenvalue weighted by molar-refractivity contribution is 0.196. The molecule has 0 aliphatic carbocycles. The van der Waals surface area contributed by atoms with Crippen LogP contribution in [0.25, 0.3) is 22.4 Å². The van der Waals surface area contributed by atoms with Crippen LogP contribution in [-0.4, -0.2) is 35.4 Å². The van der Waals surface area contributed by atoms with Crippen molar-refractivity contribution in [1.82, 2.24) is 9.97 Å². The van der Waals surface area contributed by atoms with E-state index in [2.05, 4.69) is 9.97 Å². The van der Waals surface area contributed by atoms with Gasteiger partial charge in [0.25, 0.3) is 0 Å². The molecule has 0 radical (unpaired) electrons. The molecule has 3 aromatic rings. The van der Waals surface area contributed by atoms with Gasteiger partial charge in [0, 0.05) is 5.56 Å². The summed E-state index contributed by atoms with van der Waals surface area (Å²) in [7, 11) is 1.59. The van der Waals surface area contributed by atoms with E-state index < -0.39 is 0 Å². The van der Waals surface area contributed by atoms with Gasteiger partial charge in [0.15, 0.2) is 11.5 Å². The van der Waals surface area contributed by atoms with Gasteiger partial charge in [-0.05, 0) is 30.3 Å². The minimum atomic E-state index is -0.0333. The van der Waals surface area contributed by atoms with Gasteiger partial charge in [0.05, 0.1) is 24.8 Å². The lowest BCUT2D eigenvalue weighted by Crippen LogP contribution is -2.03. The molecule has 0 spiro atoms. The van der Waals surface area contributed by atoms with Crippen LogP contribution in [0.4, 0.5) is 0 Å². The molecule has 5 nitrogen and oxygen atoms in total. The van der Waals surface area contributed by atoms with E-state index in [4.69, 9.17) is 14.6 Å². The molecule has 0 amide bonds. The molecule has 5 heteroatoms. The predicted molar refractivity (Wildman–Crippen MR) is 80.7 cm³/mol. The maximum Gasteiger partial charge on any atom is 0.161 e. The van der Waals surface area contributed by atoms with Crippen LogP contribution in [0.1, 0.15) is 0 Å². The molecule has 0 bridgehead atoms. The number of methoxy groups -OCH3 is 1. The van der Waals surface area contributed by atoms with Crippen LogP contribution in [0, 0.1) is 0 Å². The Labute approximate surface area is 122 Å². The van der Waals surface area contributed by atoms with E-state index in [1.807, 2.05) is 42.5 Å². The minimum absolute atomic E-state index is 0.0333. The second-order valence-corrected chi connectivity index (χ2v) is 4.54. The first kappa shape index (κ1) is 13.5. The van der Waals surface area contributed by atoms with Gasteiger partial charge in [0.2, 0.25) is 0 Å². The van der Waals surface area contributed by atoms with E-state index >= 15 is 0 Å². The quantitative estimate of drug-likeness (QED) is 0.755. The first-order valence-electron chi connectivity index (χ1n) is 6.68. The maximum absolute atomic E-state index is 8.82. The Morgan fingerprint density at radius 2 is 2.00 bits per heavy atom. The highest BCUT2D eigenvalue weighted by molar-refractivity contribution is 5.79. The number of nitrogens with one attached hydrogen (secondary N) is 1. The van der Waals surface area contributed by atoms with Crippen molar-refractivity contribution in [3.63, 3.8) is 0 Å². The summed E-state index contributed by atoms with van der Waals surface area (Å²) in [6, 6.07) is 13.5. The third-order valence-electron chi connectivity index (χ3n) is 3.18. The van der Waals surface area contributed by atoms with Crippen LogP contribution < -0.4 is 9.47 Å². The van der Waals surface area contributed by atoms with Crippen molar-refractivity contribution in [2.24, 2.45) is 0 Å². The number of fused-ring (bicyclic) bond motifs is 1. The summed E-state index contributed by atoms with van der Waals surface area (Å²) in [5, 5.41) is 8.82. The van der Waals surface area contributed by atoms with Crippen molar-refractivity contribution >= 4 is 11.0 Å². The number of aromatic nitrogens is 2. The first-order chi connectivity index (χ1) is 10.3. The van der Waals surface area contributed by atoms with Crippen LogP contribution >= 0.6 is 0 Å². The van der Waals surface area contributed by atoms with Gasteiger partial charge >= 0.3 is 0 Å². The van der Waals surface area contributed by atoms with E-state index in [1.165, 1.54) is 0 Å². The maximum atomic E-state index is 8.82. The van der Waals surface area contributed by atoms with Crippen molar-refractivity contribution in [1.29, 1.82) is 0 Å². The van der Waals surface area contributed by atoms with Gasteiger partial charge in [-0.3, -0.25) is 0 Å². The van der Waals surface area contributed by atoms with Gasteiger partial charge in [-0.15, -0.1) is 0 Å². The number of ether oxygens (including phenoxy) is 2. The molecule has 0 aliphatic heterocycles. The van der Waals surface area contributed by atoms with Gasteiger partial charge < -0.3 is 19.6 Å². The van der Waals surface area contributed by atoms with E-state index in [0.29, 0.717) is 11.5 Å². The molecule has 2 aromatic carbocycles. The van der Waals surface area contributed by atoms with Crippen LogP contribution in [0.3, 0.4) is 0 Å². The van der Waals surface area contributed by atoms with E-state index in [1.54, 1.807) is 7.11 Å². The number of imidazole rings is 1. The highest BCUT2D eigenvalue weighted by atomic mass is 16.5. The minimum Gasteiger partial charge on any atom is -0.493 e. The summed E-state index contributed by atoms with van der Waals surface area (Å²) >= 11 is 0. The lowest BCUT2D eigenvalue weighted by Gasteiger charge is -2.10. The summed E-state index contributed by atoms with van der Waals surface area (Å²) in [6.45, 7) is 0.203. The smallest absolute Gasteiger partial charge is 0.161 e. The Bertz CT molecular complexity index is 719.